The summed E-state index contributed by atoms with van der Waals surface area (Å²) in [4.78, 5) is 0. The zero-order valence-corrected chi connectivity index (χ0v) is 13.2. The molecule has 0 heterocycles. The molecule has 0 spiro atoms. The smallest absolute Gasteiger partial charge is 0.137 e. The zero-order valence-electron chi connectivity index (χ0n) is 11.6. The first-order chi connectivity index (χ1) is 9.04. The Morgan fingerprint density at radius 1 is 1.37 bits per heavy atom. The van der Waals surface area contributed by atoms with E-state index in [1.165, 1.54) is 31.7 Å². The predicted octanol–water partition coefficient (Wildman–Crippen LogP) is 4.82. The van der Waals surface area contributed by atoms with E-state index in [2.05, 4.69) is 22.9 Å². The van der Waals surface area contributed by atoms with Gasteiger partial charge in [0.05, 0.1) is 4.47 Å². The third-order valence-corrected chi connectivity index (χ3v) is 5.26. The van der Waals surface area contributed by atoms with Crippen LogP contribution in [0.25, 0.3) is 0 Å². The number of benzene rings is 1. The van der Waals surface area contributed by atoms with Crippen molar-refractivity contribution in [3.8, 4) is 0 Å². The van der Waals surface area contributed by atoms with Crippen molar-refractivity contribution in [2.75, 3.05) is 0 Å². The fourth-order valence-corrected chi connectivity index (χ4v) is 3.59. The lowest BCUT2D eigenvalue weighted by Gasteiger charge is -2.37. The molecule has 106 valence electrons. The summed E-state index contributed by atoms with van der Waals surface area (Å²) in [7, 11) is 0. The van der Waals surface area contributed by atoms with Gasteiger partial charge in [-0.05, 0) is 65.6 Å². The first-order valence-corrected chi connectivity index (χ1v) is 8.05. The Hall–Kier alpha value is -0.410. The number of hydrogen-bond donors (Lipinski definition) is 1. The summed E-state index contributed by atoms with van der Waals surface area (Å²) in [6.07, 6.45) is 7.90. The second-order valence-electron chi connectivity index (χ2n) is 5.98. The summed E-state index contributed by atoms with van der Waals surface area (Å²) in [5, 5.41) is 0. The highest BCUT2D eigenvalue weighted by Gasteiger charge is 2.32. The van der Waals surface area contributed by atoms with E-state index in [0.717, 1.165) is 30.7 Å². The van der Waals surface area contributed by atoms with Crippen LogP contribution in [-0.4, -0.2) is 5.54 Å². The molecular weight excluding hydrogens is 305 g/mol. The van der Waals surface area contributed by atoms with E-state index in [-0.39, 0.29) is 11.4 Å². The fourth-order valence-electron chi connectivity index (χ4n) is 3.19. The molecule has 19 heavy (non-hydrogen) atoms. The van der Waals surface area contributed by atoms with Crippen molar-refractivity contribution in [2.45, 2.75) is 57.4 Å². The molecule has 0 unspecified atom stereocenters. The van der Waals surface area contributed by atoms with Gasteiger partial charge in [0.2, 0.25) is 0 Å². The van der Waals surface area contributed by atoms with Crippen LogP contribution < -0.4 is 5.73 Å². The molecule has 2 N–H and O–H groups in total. The SMILES string of the molecule is CCCC1CCC(N)(Cc2cccc(F)c2Br)CC1. The van der Waals surface area contributed by atoms with Crippen LogP contribution >= 0.6 is 15.9 Å². The van der Waals surface area contributed by atoms with Crippen molar-refractivity contribution in [3.05, 3.63) is 34.1 Å². The third-order valence-electron chi connectivity index (χ3n) is 4.37. The summed E-state index contributed by atoms with van der Waals surface area (Å²) < 4.78 is 14.1. The van der Waals surface area contributed by atoms with E-state index in [4.69, 9.17) is 5.73 Å². The number of nitrogens with two attached hydrogens (primary N) is 1. The topological polar surface area (TPSA) is 26.0 Å². The monoisotopic (exact) mass is 327 g/mol. The molecule has 0 saturated heterocycles. The molecule has 0 atom stereocenters. The molecular formula is C16H23BrFN. The average molecular weight is 328 g/mol. The molecule has 3 heteroatoms. The van der Waals surface area contributed by atoms with Gasteiger partial charge in [0.15, 0.2) is 0 Å². The van der Waals surface area contributed by atoms with E-state index in [1.54, 1.807) is 6.07 Å². The maximum atomic E-state index is 13.5. The first-order valence-electron chi connectivity index (χ1n) is 7.26. The zero-order chi connectivity index (χ0) is 13.9. The largest absolute Gasteiger partial charge is 0.325 e. The van der Waals surface area contributed by atoms with Gasteiger partial charge in [-0.3, -0.25) is 0 Å². The number of hydrogen-bond acceptors (Lipinski definition) is 1. The Labute approximate surface area is 123 Å². The van der Waals surface area contributed by atoms with Crippen LogP contribution in [0.2, 0.25) is 0 Å². The lowest BCUT2D eigenvalue weighted by Crippen LogP contribution is -2.45. The molecule has 0 radical (unpaired) electrons. The van der Waals surface area contributed by atoms with Gasteiger partial charge in [-0.1, -0.05) is 31.9 Å². The first kappa shape index (κ1) is 15.0. The summed E-state index contributed by atoms with van der Waals surface area (Å²) in [5.74, 6) is 0.651. The highest BCUT2D eigenvalue weighted by Crippen LogP contribution is 2.36. The molecule has 2 rings (SSSR count). The third kappa shape index (κ3) is 3.79. The van der Waals surface area contributed by atoms with Gasteiger partial charge in [-0.25, -0.2) is 4.39 Å². The maximum absolute atomic E-state index is 13.5. The number of rotatable bonds is 4. The molecule has 1 aliphatic carbocycles. The van der Waals surface area contributed by atoms with Crippen LogP contribution in [0.1, 0.15) is 51.0 Å². The highest BCUT2D eigenvalue weighted by atomic mass is 79.9. The Kier molecular flexibility index (Phi) is 5.02. The van der Waals surface area contributed by atoms with Crippen molar-refractivity contribution < 1.29 is 4.39 Å². The number of halogens is 2. The molecule has 0 bridgehead atoms. The quantitative estimate of drug-likeness (QED) is 0.843. The van der Waals surface area contributed by atoms with Crippen LogP contribution in [0.4, 0.5) is 4.39 Å². The molecule has 0 aromatic heterocycles. The van der Waals surface area contributed by atoms with Gasteiger partial charge < -0.3 is 5.73 Å². The van der Waals surface area contributed by atoms with E-state index in [1.807, 2.05) is 6.07 Å². The molecule has 0 amide bonds. The fraction of sp³-hybridized carbons (Fsp3) is 0.625. The highest BCUT2D eigenvalue weighted by molar-refractivity contribution is 9.10. The van der Waals surface area contributed by atoms with Gasteiger partial charge >= 0.3 is 0 Å². The summed E-state index contributed by atoms with van der Waals surface area (Å²) in [5.41, 5.74) is 7.37. The van der Waals surface area contributed by atoms with Crippen LogP contribution in [0, 0.1) is 11.7 Å². The molecule has 1 aromatic carbocycles. The van der Waals surface area contributed by atoms with Gasteiger partial charge in [0, 0.05) is 5.54 Å². The minimum Gasteiger partial charge on any atom is -0.325 e. The van der Waals surface area contributed by atoms with E-state index < -0.39 is 0 Å². The minimum absolute atomic E-state index is 0.152. The van der Waals surface area contributed by atoms with Crippen molar-refractivity contribution in [1.29, 1.82) is 0 Å². The van der Waals surface area contributed by atoms with E-state index in [0.29, 0.717) is 4.47 Å². The van der Waals surface area contributed by atoms with Crippen molar-refractivity contribution >= 4 is 15.9 Å². The van der Waals surface area contributed by atoms with Crippen LogP contribution in [-0.2, 0) is 6.42 Å². The Bertz CT molecular complexity index is 425. The van der Waals surface area contributed by atoms with Crippen molar-refractivity contribution in [1.82, 2.24) is 0 Å². The van der Waals surface area contributed by atoms with Crippen LogP contribution in [0.3, 0.4) is 0 Å². The summed E-state index contributed by atoms with van der Waals surface area (Å²) >= 11 is 3.34. The van der Waals surface area contributed by atoms with Crippen LogP contribution in [0.15, 0.2) is 22.7 Å². The van der Waals surface area contributed by atoms with Gasteiger partial charge in [-0.15, -0.1) is 0 Å². The molecule has 1 fully saturated rings. The predicted molar refractivity (Wildman–Crippen MR) is 81.6 cm³/mol. The van der Waals surface area contributed by atoms with Crippen molar-refractivity contribution in [2.24, 2.45) is 11.7 Å². The Balaban J connectivity index is 2.01. The van der Waals surface area contributed by atoms with Gasteiger partial charge in [0.25, 0.3) is 0 Å². The molecule has 0 aliphatic heterocycles. The maximum Gasteiger partial charge on any atom is 0.137 e. The molecule has 1 saturated carbocycles. The van der Waals surface area contributed by atoms with E-state index in [9.17, 15) is 4.39 Å². The molecule has 1 aliphatic rings. The van der Waals surface area contributed by atoms with Gasteiger partial charge in [0.1, 0.15) is 5.82 Å². The lowest BCUT2D eigenvalue weighted by molar-refractivity contribution is 0.223. The molecule has 1 aromatic rings. The van der Waals surface area contributed by atoms with E-state index >= 15 is 0 Å². The Morgan fingerprint density at radius 2 is 2.05 bits per heavy atom. The normalized spacial score (nSPS) is 27.5. The van der Waals surface area contributed by atoms with Crippen molar-refractivity contribution in [3.63, 3.8) is 0 Å². The summed E-state index contributed by atoms with van der Waals surface area (Å²) in [6, 6.07) is 5.22. The average Bonchev–Trinajstić information content (AvgIpc) is 2.38. The lowest BCUT2D eigenvalue weighted by atomic mass is 9.73. The minimum atomic E-state index is -0.194. The molecule has 1 nitrogen and oxygen atoms in total. The van der Waals surface area contributed by atoms with Gasteiger partial charge in [-0.2, -0.15) is 0 Å². The standard InChI is InChI=1S/C16H23BrFN/c1-2-4-12-7-9-16(19,10-8-12)11-13-5-3-6-14(18)15(13)17/h3,5-6,12H,2,4,7-11,19H2,1H3. The Morgan fingerprint density at radius 3 is 2.68 bits per heavy atom. The second kappa shape index (κ2) is 6.36. The summed E-state index contributed by atoms with van der Waals surface area (Å²) in [6.45, 7) is 2.24. The second-order valence-corrected chi connectivity index (χ2v) is 6.78. The van der Waals surface area contributed by atoms with Crippen LogP contribution in [0.5, 0.6) is 0 Å².